The van der Waals surface area contributed by atoms with E-state index in [1.54, 1.807) is 0 Å². The largest absolute Gasteiger partial charge is 0.492 e. The second-order valence-electron chi connectivity index (χ2n) is 6.37. The first-order valence-corrected chi connectivity index (χ1v) is 8.45. The monoisotopic (exact) mass is 320 g/mol. The van der Waals surface area contributed by atoms with Crippen LogP contribution in [-0.4, -0.2) is 24.2 Å². The van der Waals surface area contributed by atoms with E-state index in [0.29, 0.717) is 12.6 Å². The maximum absolute atomic E-state index is 5.82. The molecule has 0 aliphatic rings. The molecule has 3 nitrogen and oxygen atoms in total. The van der Waals surface area contributed by atoms with E-state index in [4.69, 9.17) is 4.74 Å². The molecule has 124 valence electrons. The molecule has 1 N–H and O–H groups in total. The van der Waals surface area contributed by atoms with Crippen molar-refractivity contribution in [1.29, 1.82) is 0 Å². The number of benzene rings is 2. The first-order valence-electron chi connectivity index (χ1n) is 8.45. The summed E-state index contributed by atoms with van der Waals surface area (Å²) < 4.78 is 5.82. The lowest BCUT2D eigenvalue weighted by atomic mass is 10.0. The van der Waals surface area contributed by atoms with Crippen LogP contribution in [0, 0.1) is 6.92 Å². The van der Waals surface area contributed by atoms with E-state index in [1.807, 2.05) is 25.3 Å². The van der Waals surface area contributed by atoms with Crippen molar-refractivity contribution in [1.82, 2.24) is 10.3 Å². The van der Waals surface area contributed by atoms with Crippen molar-refractivity contribution in [3.8, 4) is 16.9 Å². The summed E-state index contributed by atoms with van der Waals surface area (Å²) in [6, 6.07) is 17.4. The summed E-state index contributed by atoms with van der Waals surface area (Å²) in [6.45, 7) is 7.83. The van der Waals surface area contributed by atoms with Gasteiger partial charge in [0.05, 0.1) is 0 Å². The van der Waals surface area contributed by atoms with Gasteiger partial charge in [0.2, 0.25) is 0 Å². The van der Waals surface area contributed by atoms with Gasteiger partial charge in [-0.1, -0.05) is 32.0 Å². The highest BCUT2D eigenvalue weighted by Gasteiger charge is 2.03. The third-order valence-electron chi connectivity index (χ3n) is 3.97. The van der Waals surface area contributed by atoms with Gasteiger partial charge >= 0.3 is 0 Å². The predicted octanol–water partition coefficient (Wildman–Crippen LogP) is 4.59. The molecule has 1 heterocycles. The van der Waals surface area contributed by atoms with Crippen LogP contribution in [0.2, 0.25) is 0 Å². The molecule has 0 saturated heterocycles. The third kappa shape index (κ3) is 4.12. The van der Waals surface area contributed by atoms with Crippen LogP contribution in [0.15, 0.2) is 54.7 Å². The number of pyridine rings is 1. The number of nitrogens with zero attached hydrogens (tertiary/aromatic N) is 1. The second kappa shape index (κ2) is 7.45. The van der Waals surface area contributed by atoms with Crippen LogP contribution >= 0.6 is 0 Å². The Hall–Kier alpha value is -2.39. The number of rotatable bonds is 6. The van der Waals surface area contributed by atoms with E-state index < -0.39 is 0 Å². The molecule has 1 aromatic heterocycles. The van der Waals surface area contributed by atoms with Crippen LogP contribution in [0.1, 0.15) is 19.5 Å². The summed E-state index contributed by atoms with van der Waals surface area (Å²) in [7, 11) is 0. The second-order valence-corrected chi connectivity index (χ2v) is 6.37. The van der Waals surface area contributed by atoms with E-state index >= 15 is 0 Å². The fraction of sp³-hybridized carbons (Fsp3) is 0.286. The standard InChI is InChI=1S/C21H24N2O/c1-15(2)22-10-11-24-21-7-6-18-13-17(4-5-19(18)14-21)20-8-9-23-16(3)12-20/h4-9,12-15,22H,10-11H2,1-3H3. The molecule has 2 aromatic carbocycles. The summed E-state index contributed by atoms with van der Waals surface area (Å²) in [6.07, 6.45) is 1.86. The molecule has 0 fully saturated rings. The Morgan fingerprint density at radius 1 is 0.958 bits per heavy atom. The van der Waals surface area contributed by atoms with Crippen molar-refractivity contribution in [2.24, 2.45) is 0 Å². The van der Waals surface area contributed by atoms with E-state index in [2.05, 4.69) is 60.5 Å². The zero-order valence-corrected chi connectivity index (χ0v) is 14.5. The minimum absolute atomic E-state index is 0.487. The average molecular weight is 320 g/mol. The Morgan fingerprint density at radius 2 is 1.71 bits per heavy atom. The summed E-state index contributed by atoms with van der Waals surface area (Å²) in [5.41, 5.74) is 3.44. The SMILES string of the molecule is Cc1cc(-c2ccc3cc(OCCNC(C)C)ccc3c2)ccn1. The van der Waals surface area contributed by atoms with Gasteiger partial charge in [0, 0.05) is 24.5 Å². The molecule has 0 radical (unpaired) electrons. The number of fused-ring (bicyclic) bond motifs is 1. The average Bonchev–Trinajstić information content (AvgIpc) is 2.58. The zero-order chi connectivity index (χ0) is 16.9. The van der Waals surface area contributed by atoms with Crippen molar-refractivity contribution in [3.63, 3.8) is 0 Å². The van der Waals surface area contributed by atoms with Gasteiger partial charge in [0.15, 0.2) is 0 Å². The molecule has 0 aliphatic carbocycles. The first kappa shape index (κ1) is 16.5. The van der Waals surface area contributed by atoms with Crippen LogP contribution < -0.4 is 10.1 Å². The highest BCUT2D eigenvalue weighted by Crippen LogP contribution is 2.27. The predicted molar refractivity (Wildman–Crippen MR) is 101 cm³/mol. The molecule has 0 aliphatic heterocycles. The van der Waals surface area contributed by atoms with Gasteiger partial charge in [0.25, 0.3) is 0 Å². The molecule has 3 aromatic rings. The smallest absolute Gasteiger partial charge is 0.120 e. The van der Waals surface area contributed by atoms with Gasteiger partial charge in [-0.3, -0.25) is 4.98 Å². The Bertz CT molecular complexity index is 827. The fourth-order valence-corrected chi connectivity index (χ4v) is 2.73. The number of nitrogens with one attached hydrogen (secondary N) is 1. The first-order chi connectivity index (χ1) is 11.6. The van der Waals surface area contributed by atoms with Crippen molar-refractivity contribution in [2.75, 3.05) is 13.2 Å². The topological polar surface area (TPSA) is 34.1 Å². The molecule has 0 spiro atoms. The minimum atomic E-state index is 0.487. The molecule has 0 bridgehead atoms. The van der Waals surface area contributed by atoms with Gasteiger partial charge < -0.3 is 10.1 Å². The Labute approximate surface area is 143 Å². The summed E-state index contributed by atoms with van der Waals surface area (Å²) in [5, 5.41) is 5.76. The maximum Gasteiger partial charge on any atom is 0.120 e. The van der Waals surface area contributed by atoms with Crippen LogP contribution in [0.5, 0.6) is 5.75 Å². The number of hydrogen-bond donors (Lipinski definition) is 1. The van der Waals surface area contributed by atoms with Crippen molar-refractivity contribution in [3.05, 3.63) is 60.4 Å². The fourth-order valence-electron chi connectivity index (χ4n) is 2.73. The Morgan fingerprint density at radius 3 is 2.50 bits per heavy atom. The molecule has 0 atom stereocenters. The molecular weight excluding hydrogens is 296 g/mol. The number of aryl methyl sites for hydroxylation is 1. The minimum Gasteiger partial charge on any atom is -0.492 e. The highest BCUT2D eigenvalue weighted by atomic mass is 16.5. The summed E-state index contributed by atoms with van der Waals surface area (Å²) in [4.78, 5) is 4.26. The van der Waals surface area contributed by atoms with Gasteiger partial charge in [-0.05, 0) is 59.2 Å². The van der Waals surface area contributed by atoms with Crippen molar-refractivity contribution < 1.29 is 4.74 Å². The highest BCUT2D eigenvalue weighted by molar-refractivity contribution is 5.88. The molecule has 0 amide bonds. The molecular formula is C21H24N2O. The van der Waals surface area contributed by atoms with Crippen LogP contribution in [0.25, 0.3) is 21.9 Å². The summed E-state index contributed by atoms with van der Waals surface area (Å²) in [5.74, 6) is 0.917. The number of ether oxygens (including phenoxy) is 1. The van der Waals surface area contributed by atoms with Crippen molar-refractivity contribution >= 4 is 10.8 Å². The van der Waals surface area contributed by atoms with E-state index in [-0.39, 0.29) is 0 Å². The Kier molecular flexibility index (Phi) is 5.11. The molecule has 3 rings (SSSR count). The van der Waals surface area contributed by atoms with E-state index in [0.717, 1.165) is 18.0 Å². The van der Waals surface area contributed by atoms with Gasteiger partial charge in [0.1, 0.15) is 12.4 Å². The lowest BCUT2D eigenvalue weighted by Gasteiger charge is -2.11. The normalized spacial score (nSPS) is 11.2. The maximum atomic E-state index is 5.82. The molecule has 0 unspecified atom stereocenters. The molecule has 3 heteroatoms. The lowest BCUT2D eigenvalue weighted by molar-refractivity contribution is 0.309. The lowest BCUT2D eigenvalue weighted by Crippen LogP contribution is -2.27. The Balaban J connectivity index is 1.76. The van der Waals surface area contributed by atoms with Gasteiger partial charge in [-0.2, -0.15) is 0 Å². The quantitative estimate of drug-likeness (QED) is 0.675. The van der Waals surface area contributed by atoms with Crippen LogP contribution in [0.3, 0.4) is 0 Å². The number of aromatic nitrogens is 1. The number of hydrogen-bond acceptors (Lipinski definition) is 3. The summed E-state index contributed by atoms with van der Waals surface area (Å²) >= 11 is 0. The molecule has 24 heavy (non-hydrogen) atoms. The van der Waals surface area contributed by atoms with Crippen molar-refractivity contribution in [2.45, 2.75) is 26.8 Å². The third-order valence-corrected chi connectivity index (χ3v) is 3.97. The van der Waals surface area contributed by atoms with Gasteiger partial charge in [-0.25, -0.2) is 0 Å². The van der Waals surface area contributed by atoms with E-state index in [1.165, 1.54) is 21.9 Å². The van der Waals surface area contributed by atoms with Crippen LogP contribution in [-0.2, 0) is 0 Å². The zero-order valence-electron chi connectivity index (χ0n) is 14.5. The molecule has 0 saturated carbocycles. The van der Waals surface area contributed by atoms with Crippen LogP contribution in [0.4, 0.5) is 0 Å². The van der Waals surface area contributed by atoms with E-state index in [9.17, 15) is 0 Å². The van der Waals surface area contributed by atoms with Gasteiger partial charge in [-0.15, -0.1) is 0 Å².